The van der Waals surface area contributed by atoms with Gasteiger partial charge in [-0.15, -0.1) is 0 Å². The zero-order chi connectivity index (χ0) is 12.6. The summed E-state index contributed by atoms with van der Waals surface area (Å²) in [6.45, 7) is 0. The summed E-state index contributed by atoms with van der Waals surface area (Å²) in [5.74, 6) is 0. The van der Waals surface area contributed by atoms with Gasteiger partial charge in [0.25, 0.3) is 0 Å². The molecule has 5 nitrogen and oxygen atoms in total. The van der Waals surface area contributed by atoms with Crippen LogP contribution >= 0.6 is 0 Å². The quantitative estimate of drug-likeness (QED) is 0.470. The Balaban J connectivity index is 2.64. The van der Waals surface area contributed by atoms with Crippen LogP contribution in [-0.4, -0.2) is 0 Å². The molecule has 88 valence electrons. The maximum atomic E-state index is 5.93. The molecule has 2 rings (SSSR count). The maximum absolute atomic E-state index is 5.93. The van der Waals surface area contributed by atoms with Crippen LogP contribution in [0.2, 0.25) is 0 Å². The Morgan fingerprint density at radius 2 is 1.24 bits per heavy atom. The van der Waals surface area contributed by atoms with Gasteiger partial charge in [0.2, 0.25) is 0 Å². The van der Waals surface area contributed by atoms with Gasteiger partial charge in [0.15, 0.2) is 0 Å². The summed E-state index contributed by atoms with van der Waals surface area (Å²) in [4.78, 5) is 0. The van der Waals surface area contributed by atoms with E-state index in [0.29, 0.717) is 28.4 Å². The van der Waals surface area contributed by atoms with Crippen molar-refractivity contribution in [2.45, 2.75) is 0 Å². The van der Waals surface area contributed by atoms with E-state index in [1.807, 2.05) is 12.1 Å². The number of nitrogens with two attached hydrogens (primary N) is 5. The number of hydrogen-bond acceptors (Lipinski definition) is 5. The van der Waals surface area contributed by atoms with Crippen LogP contribution in [0, 0.1) is 0 Å². The third-order valence-electron chi connectivity index (χ3n) is 2.70. The fourth-order valence-electron chi connectivity index (χ4n) is 1.66. The highest BCUT2D eigenvalue weighted by Gasteiger charge is 2.11. The highest BCUT2D eigenvalue weighted by atomic mass is 14.8. The van der Waals surface area contributed by atoms with E-state index in [-0.39, 0.29) is 0 Å². The molecule has 5 heteroatoms. The number of benzene rings is 2. The fraction of sp³-hybridized carbons (Fsp3) is 0. The van der Waals surface area contributed by atoms with Gasteiger partial charge < -0.3 is 28.7 Å². The molecule has 2 aromatic carbocycles. The first-order chi connectivity index (χ1) is 8.00. The van der Waals surface area contributed by atoms with Crippen LogP contribution in [0.3, 0.4) is 0 Å². The minimum atomic E-state index is 0.317. The molecule has 0 heterocycles. The molecule has 0 spiro atoms. The maximum Gasteiger partial charge on any atom is 0.0809 e. The monoisotopic (exact) mass is 229 g/mol. The second-order valence-electron chi connectivity index (χ2n) is 3.88. The Kier molecular flexibility index (Phi) is 2.44. The van der Waals surface area contributed by atoms with Gasteiger partial charge >= 0.3 is 0 Å². The van der Waals surface area contributed by atoms with E-state index in [1.54, 1.807) is 18.2 Å². The second kappa shape index (κ2) is 3.79. The summed E-state index contributed by atoms with van der Waals surface area (Å²) in [7, 11) is 0. The molecule has 0 unspecified atom stereocenters. The lowest BCUT2D eigenvalue weighted by Gasteiger charge is -2.13. The SMILES string of the molecule is Nc1ccc(-c2cc(N)c(N)c(N)c2N)cc1. The molecule has 0 saturated carbocycles. The minimum Gasteiger partial charge on any atom is -0.399 e. The second-order valence-corrected chi connectivity index (χ2v) is 3.88. The zero-order valence-corrected chi connectivity index (χ0v) is 9.27. The number of rotatable bonds is 1. The molecule has 0 amide bonds. The van der Waals surface area contributed by atoms with Crippen molar-refractivity contribution in [3.63, 3.8) is 0 Å². The van der Waals surface area contributed by atoms with Crippen LogP contribution in [0.15, 0.2) is 30.3 Å². The standard InChI is InChI=1S/C12H15N5/c13-7-3-1-6(2-4-7)8-5-9(14)11(16)12(17)10(8)15/h1-5H,13-17H2. The molecule has 0 saturated heterocycles. The molecule has 0 aliphatic carbocycles. The average Bonchev–Trinajstić information content (AvgIpc) is 2.32. The van der Waals surface area contributed by atoms with E-state index >= 15 is 0 Å². The van der Waals surface area contributed by atoms with Gasteiger partial charge in [-0.25, -0.2) is 0 Å². The van der Waals surface area contributed by atoms with Gasteiger partial charge in [-0.1, -0.05) is 12.1 Å². The van der Waals surface area contributed by atoms with Gasteiger partial charge in [0, 0.05) is 11.3 Å². The van der Waals surface area contributed by atoms with Crippen LogP contribution in [0.1, 0.15) is 0 Å². The van der Waals surface area contributed by atoms with Crippen LogP contribution in [0.4, 0.5) is 28.4 Å². The molecular weight excluding hydrogens is 214 g/mol. The Labute approximate surface area is 99.2 Å². The normalized spacial score (nSPS) is 10.4. The van der Waals surface area contributed by atoms with Crippen molar-refractivity contribution >= 4 is 28.4 Å². The molecule has 17 heavy (non-hydrogen) atoms. The lowest BCUT2D eigenvalue weighted by atomic mass is 10.0. The van der Waals surface area contributed by atoms with Crippen LogP contribution in [-0.2, 0) is 0 Å². The Hall–Kier alpha value is -2.56. The Morgan fingerprint density at radius 3 is 1.82 bits per heavy atom. The molecular formula is C12H15N5. The molecule has 0 aliphatic rings. The van der Waals surface area contributed by atoms with Crippen LogP contribution < -0.4 is 28.7 Å². The largest absolute Gasteiger partial charge is 0.399 e. The van der Waals surface area contributed by atoms with E-state index in [1.165, 1.54) is 0 Å². The minimum absolute atomic E-state index is 0.317. The summed E-state index contributed by atoms with van der Waals surface area (Å²) >= 11 is 0. The summed E-state index contributed by atoms with van der Waals surface area (Å²) < 4.78 is 0. The van der Waals surface area contributed by atoms with Gasteiger partial charge in [-0.05, 0) is 23.8 Å². The predicted octanol–water partition coefficient (Wildman–Crippen LogP) is 1.26. The molecule has 10 N–H and O–H groups in total. The Bertz CT molecular complexity index is 560. The number of hydrogen-bond donors (Lipinski definition) is 5. The average molecular weight is 229 g/mol. The van der Waals surface area contributed by atoms with Gasteiger partial charge in [-0.2, -0.15) is 0 Å². The van der Waals surface area contributed by atoms with Crippen molar-refractivity contribution in [3.8, 4) is 11.1 Å². The molecule has 0 fully saturated rings. The van der Waals surface area contributed by atoms with E-state index < -0.39 is 0 Å². The summed E-state index contributed by atoms with van der Waals surface area (Å²) in [5, 5.41) is 0. The third-order valence-corrected chi connectivity index (χ3v) is 2.70. The zero-order valence-electron chi connectivity index (χ0n) is 9.27. The van der Waals surface area contributed by atoms with Crippen molar-refractivity contribution in [3.05, 3.63) is 30.3 Å². The molecule has 0 bridgehead atoms. The van der Waals surface area contributed by atoms with Gasteiger partial charge in [0.05, 0.1) is 22.7 Å². The van der Waals surface area contributed by atoms with Crippen molar-refractivity contribution < 1.29 is 0 Å². The van der Waals surface area contributed by atoms with Crippen molar-refractivity contribution in [1.29, 1.82) is 0 Å². The van der Waals surface area contributed by atoms with Crippen LogP contribution in [0.25, 0.3) is 11.1 Å². The van der Waals surface area contributed by atoms with E-state index in [0.717, 1.165) is 11.1 Å². The molecule has 0 radical (unpaired) electrons. The van der Waals surface area contributed by atoms with Crippen molar-refractivity contribution in [1.82, 2.24) is 0 Å². The first-order valence-corrected chi connectivity index (χ1v) is 5.09. The van der Waals surface area contributed by atoms with Gasteiger partial charge in [0.1, 0.15) is 0 Å². The Morgan fingerprint density at radius 1 is 0.647 bits per heavy atom. The summed E-state index contributed by atoms with van der Waals surface area (Å²) in [6, 6.07) is 9.01. The van der Waals surface area contributed by atoms with E-state index in [4.69, 9.17) is 28.7 Å². The third kappa shape index (κ3) is 1.78. The molecule has 0 aromatic heterocycles. The first kappa shape index (κ1) is 10.9. The first-order valence-electron chi connectivity index (χ1n) is 5.09. The molecule has 2 aromatic rings. The van der Waals surface area contributed by atoms with E-state index in [9.17, 15) is 0 Å². The smallest absolute Gasteiger partial charge is 0.0809 e. The number of nitrogen functional groups attached to an aromatic ring is 5. The van der Waals surface area contributed by atoms with Gasteiger partial charge in [-0.3, -0.25) is 0 Å². The molecule has 0 aliphatic heterocycles. The van der Waals surface area contributed by atoms with E-state index in [2.05, 4.69) is 0 Å². The molecule has 0 atom stereocenters. The fourth-order valence-corrected chi connectivity index (χ4v) is 1.66. The summed E-state index contributed by atoms with van der Waals surface area (Å²) in [5.41, 5.74) is 32.7. The topological polar surface area (TPSA) is 130 Å². The predicted molar refractivity (Wildman–Crippen MR) is 73.9 cm³/mol. The highest BCUT2D eigenvalue weighted by Crippen LogP contribution is 2.38. The van der Waals surface area contributed by atoms with Crippen molar-refractivity contribution in [2.24, 2.45) is 0 Å². The van der Waals surface area contributed by atoms with Crippen molar-refractivity contribution in [2.75, 3.05) is 28.7 Å². The number of anilines is 5. The lowest BCUT2D eigenvalue weighted by Crippen LogP contribution is -2.05. The van der Waals surface area contributed by atoms with Crippen LogP contribution in [0.5, 0.6) is 0 Å². The lowest BCUT2D eigenvalue weighted by molar-refractivity contribution is 1.59. The summed E-state index contributed by atoms with van der Waals surface area (Å²) in [6.07, 6.45) is 0. The highest BCUT2D eigenvalue weighted by molar-refractivity contribution is 5.96.